The Balaban J connectivity index is 1.84. The van der Waals surface area contributed by atoms with Gasteiger partial charge in [0.2, 0.25) is 0 Å². The Morgan fingerprint density at radius 2 is 2.18 bits per heavy atom. The number of nitrogens with zero attached hydrogens (tertiary/aromatic N) is 3. The number of hydrazone groups is 1. The van der Waals surface area contributed by atoms with Crippen LogP contribution >= 0.6 is 15.9 Å². The standard InChI is InChI=1S/C15H21BrN4O2/c1-19(2)14-4-3-12(9-13(14)16)10-17-18-15(21)11-20-5-7-22-8-6-20/h3-4,9-10H,5-8,11H2,1-2H3,(H,18,21). The first-order valence-electron chi connectivity index (χ1n) is 7.15. The average Bonchev–Trinajstić information content (AvgIpc) is 2.48. The van der Waals surface area contributed by atoms with E-state index in [4.69, 9.17) is 4.74 Å². The van der Waals surface area contributed by atoms with Crippen molar-refractivity contribution >= 4 is 33.7 Å². The molecule has 6 nitrogen and oxygen atoms in total. The summed E-state index contributed by atoms with van der Waals surface area (Å²) < 4.78 is 6.23. The topological polar surface area (TPSA) is 57.2 Å². The fourth-order valence-electron chi connectivity index (χ4n) is 2.14. The van der Waals surface area contributed by atoms with Gasteiger partial charge >= 0.3 is 0 Å². The van der Waals surface area contributed by atoms with Crippen LogP contribution < -0.4 is 10.3 Å². The van der Waals surface area contributed by atoms with Gasteiger partial charge in [0.05, 0.1) is 31.7 Å². The van der Waals surface area contributed by atoms with Gasteiger partial charge in [-0.25, -0.2) is 5.43 Å². The normalized spacial score (nSPS) is 16.0. The van der Waals surface area contributed by atoms with E-state index in [9.17, 15) is 4.79 Å². The molecule has 0 aromatic heterocycles. The zero-order valence-corrected chi connectivity index (χ0v) is 14.5. The average molecular weight is 369 g/mol. The molecule has 1 N–H and O–H groups in total. The molecule has 1 aliphatic rings. The van der Waals surface area contributed by atoms with Crippen LogP contribution in [0.4, 0.5) is 5.69 Å². The van der Waals surface area contributed by atoms with E-state index in [-0.39, 0.29) is 5.91 Å². The van der Waals surface area contributed by atoms with Crippen LogP contribution in [0.3, 0.4) is 0 Å². The molecular weight excluding hydrogens is 348 g/mol. The van der Waals surface area contributed by atoms with Crippen molar-refractivity contribution in [2.75, 3.05) is 51.8 Å². The van der Waals surface area contributed by atoms with Crippen molar-refractivity contribution in [3.63, 3.8) is 0 Å². The Morgan fingerprint density at radius 1 is 1.45 bits per heavy atom. The highest BCUT2D eigenvalue weighted by Gasteiger charge is 2.13. The van der Waals surface area contributed by atoms with Gasteiger partial charge < -0.3 is 9.64 Å². The van der Waals surface area contributed by atoms with Gasteiger partial charge in [0.25, 0.3) is 5.91 Å². The van der Waals surface area contributed by atoms with E-state index < -0.39 is 0 Å². The van der Waals surface area contributed by atoms with E-state index in [0.717, 1.165) is 28.8 Å². The van der Waals surface area contributed by atoms with Crippen LogP contribution in [0.5, 0.6) is 0 Å². The van der Waals surface area contributed by atoms with Crippen LogP contribution in [0.2, 0.25) is 0 Å². The summed E-state index contributed by atoms with van der Waals surface area (Å²) in [6, 6.07) is 5.92. The molecular formula is C15H21BrN4O2. The van der Waals surface area contributed by atoms with E-state index in [1.54, 1.807) is 6.21 Å². The Labute approximate surface area is 139 Å². The van der Waals surface area contributed by atoms with Crippen LogP contribution in [-0.4, -0.2) is 64.0 Å². The van der Waals surface area contributed by atoms with E-state index in [1.165, 1.54) is 0 Å². The Hall–Kier alpha value is -1.44. The van der Waals surface area contributed by atoms with Crippen molar-refractivity contribution in [1.82, 2.24) is 10.3 Å². The molecule has 1 saturated heterocycles. The summed E-state index contributed by atoms with van der Waals surface area (Å²) in [6.45, 7) is 3.29. The molecule has 0 spiro atoms. The van der Waals surface area contributed by atoms with Crippen molar-refractivity contribution in [2.24, 2.45) is 5.10 Å². The maximum atomic E-state index is 11.8. The molecule has 0 aliphatic carbocycles. The lowest BCUT2D eigenvalue weighted by atomic mass is 10.2. The summed E-state index contributed by atoms with van der Waals surface area (Å²) in [4.78, 5) is 15.9. The van der Waals surface area contributed by atoms with Crippen molar-refractivity contribution in [2.45, 2.75) is 0 Å². The zero-order chi connectivity index (χ0) is 15.9. The lowest BCUT2D eigenvalue weighted by Gasteiger charge is -2.25. The highest BCUT2D eigenvalue weighted by Crippen LogP contribution is 2.25. The molecule has 120 valence electrons. The Morgan fingerprint density at radius 3 is 2.82 bits per heavy atom. The molecule has 1 fully saturated rings. The Kier molecular flexibility index (Phi) is 6.35. The number of rotatable bonds is 5. The molecule has 1 aliphatic heterocycles. The molecule has 7 heteroatoms. The first-order chi connectivity index (χ1) is 10.6. The molecule has 1 aromatic carbocycles. The number of carbonyl (C=O) groups is 1. The molecule has 1 heterocycles. The number of ether oxygens (including phenoxy) is 1. The highest BCUT2D eigenvalue weighted by atomic mass is 79.9. The number of halogens is 1. The fraction of sp³-hybridized carbons (Fsp3) is 0.467. The number of benzene rings is 1. The number of hydrogen-bond acceptors (Lipinski definition) is 5. The number of carbonyl (C=O) groups excluding carboxylic acids is 1. The summed E-state index contributed by atoms with van der Waals surface area (Å²) in [5, 5.41) is 4.01. The quantitative estimate of drug-likeness (QED) is 0.628. The van der Waals surface area contributed by atoms with Gasteiger partial charge in [0.15, 0.2) is 0 Å². The molecule has 22 heavy (non-hydrogen) atoms. The lowest BCUT2D eigenvalue weighted by Crippen LogP contribution is -2.42. The first-order valence-corrected chi connectivity index (χ1v) is 7.94. The predicted octanol–water partition coefficient (Wildman–Crippen LogP) is 1.30. The van der Waals surface area contributed by atoms with Crippen molar-refractivity contribution in [3.05, 3.63) is 28.2 Å². The molecule has 0 radical (unpaired) electrons. The van der Waals surface area contributed by atoms with Crippen LogP contribution in [0, 0.1) is 0 Å². The van der Waals surface area contributed by atoms with Gasteiger partial charge in [-0.3, -0.25) is 9.69 Å². The SMILES string of the molecule is CN(C)c1ccc(C=NNC(=O)CN2CCOCC2)cc1Br. The minimum Gasteiger partial charge on any atom is -0.379 e. The van der Waals surface area contributed by atoms with Crippen LogP contribution in [0.15, 0.2) is 27.8 Å². The minimum absolute atomic E-state index is 0.109. The van der Waals surface area contributed by atoms with Crippen LogP contribution in [0.1, 0.15) is 5.56 Å². The molecule has 2 rings (SSSR count). The summed E-state index contributed by atoms with van der Waals surface area (Å²) in [7, 11) is 3.97. The summed E-state index contributed by atoms with van der Waals surface area (Å²) in [6.07, 6.45) is 1.64. The highest BCUT2D eigenvalue weighted by molar-refractivity contribution is 9.10. The van der Waals surface area contributed by atoms with Gasteiger partial charge in [-0.15, -0.1) is 0 Å². The Bertz CT molecular complexity index is 542. The summed E-state index contributed by atoms with van der Waals surface area (Å²) in [5.74, 6) is -0.109. The molecule has 1 amide bonds. The number of morpholine rings is 1. The van der Waals surface area contributed by atoms with Crippen molar-refractivity contribution in [3.8, 4) is 0 Å². The van der Waals surface area contributed by atoms with Crippen LogP contribution in [-0.2, 0) is 9.53 Å². The van der Waals surface area contributed by atoms with Gasteiger partial charge in [0.1, 0.15) is 0 Å². The largest absolute Gasteiger partial charge is 0.379 e. The van der Waals surface area contributed by atoms with Crippen molar-refractivity contribution in [1.29, 1.82) is 0 Å². The smallest absolute Gasteiger partial charge is 0.254 e. The van der Waals surface area contributed by atoms with E-state index in [2.05, 4.69) is 31.4 Å². The fourth-order valence-corrected chi connectivity index (χ4v) is 2.89. The van der Waals surface area contributed by atoms with Gasteiger partial charge in [-0.2, -0.15) is 5.10 Å². The van der Waals surface area contributed by atoms with Gasteiger partial charge in [0, 0.05) is 31.7 Å². The van der Waals surface area contributed by atoms with E-state index in [1.807, 2.05) is 37.2 Å². The monoisotopic (exact) mass is 368 g/mol. The molecule has 0 unspecified atom stereocenters. The lowest BCUT2D eigenvalue weighted by molar-refractivity contribution is -0.123. The molecule has 0 bridgehead atoms. The zero-order valence-electron chi connectivity index (χ0n) is 12.9. The number of nitrogens with one attached hydrogen (secondary N) is 1. The number of amides is 1. The van der Waals surface area contributed by atoms with Gasteiger partial charge in [-0.05, 0) is 33.6 Å². The van der Waals surface area contributed by atoms with Crippen LogP contribution in [0.25, 0.3) is 0 Å². The second-order valence-electron chi connectivity index (χ2n) is 5.29. The van der Waals surface area contributed by atoms with Gasteiger partial charge in [-0.1, -0.05) is 6.07 Å². The second-order valence-corrected chi connectivity index (χ2v) is 6.14. The molecule has 0 saturated carbocycles. The third kappa shape index (κ3) is 5.08. The predicted molar refractivity (Wildman–Crippen MR) is 91.5 cm³/mol. The van der Waals surface area contributed by atoms with Crippen molar-refractivity contribution < 1.29 is 9.53 Å². The molecule has 1 aromatic rings. The van der Waals surface area contributed by atoms with E-state index >= 15 is 0 Å². The minimum atomic E-state index is -0.109. The number of hydrogen-bond donors (Lipinski definition) is 1. The molecule has 0 atom stereocenters. The third-order valence-electron chi connectivity index (χ3n) is 3.33. The maximum Gasteiger partial charge on any atom is 0.254 e. The maximum absolute atomic E-state index is 11.8. The third-order valence-corrected chi connectivity index (χ3v) is 3.96. The summed E-state index contributed by atoms with van der Waals surface area (Å²) in [5.41, 5.74) is 4.57. The first kappa shape index (κ1) is 16.9. The second kappa shape index (κ2) is 8.26. The number of anilines is 1. The summed E-state index contributed by atoms with van der Waals surface area (Å²) >= 11 is 3.53. The van der Waals surface area contributed by atoms with E-state index in [0.29, 0.717) is 19.8 Å².